The van der Waals surface area contributed by atoms with Crippen molar-refractivity contribution in [3.05, 3.63) is 21.5 Å². The number of likely N-dealkylation sites (N-methyl/N-ethyl adjacent to an activating group) is 2. The first kappa shape index (κ1) is 14.8. The van der Waals surface area contributed by atoms with E-state index in [1.807, 2.05) is 29.6 Å². The van der Waals surface area contributed by atoms with Crippen LogP contribution in [0.3, 0.4) is 0 Å². The molecule has 1 saturated carbocycles. The van der Waals surface area contributed by atoms with E-state index in [1.165, 1.54) is 19.3 Å². The number of hydrogen-bond acceptors (Lipinski definition) is 3. The topological polar surface area (TPSA) is 32.5 Å². The highest BCUT2D eigenvalue weighted by molar-refractivity contribution is 14.1. The molecule has 0 heterocycles. The summed E-state index contributed by atoms with van der Waals surface area (Å²) in [7, 11) is 6.22. The highest BCUT2D eigenvalue weighted by atomic mass is 127. The van der Waals surface area contributed by atoms with Gasteiger partial charge in [0.1, 0.15) is 5.82 Å². The minimum absolute atomic E-state index is 0.204. The largest absolute Gasteiger partial charge is 0.397 e. The van der Waals surface area contributed by atoms with E-state index in [-0.39, 0.29) is 11.4 Å². The molecule has 0 atom stereocenters. The summed E-state index contributed by atoms with van der Waals surface area (Å²) in [5.74, 6) is -0.204. The predicted octanol–water partition coefficient (Wildman–Crippen LogP) is 2.93. The van der Waals surface area contributed by atoms with Gasteiger partial charge in [0.05, 0.1) is 14.9 Å². The number of nitrogen functional groups attached to an aromatic ring is 1. The second-order valence-corrected chi connectivity index (χ2v) is 6.82. The van der Waals surface area contributed by atoms with Crippen LogP contribution in [0.15, 0.2) is 12.1 Å². The average molecular weight is 377 g/mol. The monoisotopic (exact) mass is 377 g/mol. The van der Waals surface area contributed by atoms with Crippen LogP contribution >= 0.6 is 22.6 Å². The van der Waals surface area contributed by atoms with Gasteiger partial charge in [0, 0.05) is 25.2 Å². The van der Waals surface area contributed by atoms with Crippen molar-refractivity contribution in [3.63, 3.8) is 0 Å². The van der Waals surface area contributed by atoms with Gasteiger partial charge >= 0.3 is 0 Å². The molecule has 2 rings (SSSR count). The normalized spacial score (nSPS) is 17.4. The van der Waals surface area contributed by atoms with Crippen LogP contribution in [0.4, 0.5) is 15.8 Å². The fourth-order valence-corrected chi connectivity index (χ4v) is 3.23. The predicted molar refractivity (Wildman–Crippen MR) is 87.1 cm³/mol. The second kappa shape index (κ2) is 5.44. The van der Waals surface area contributed by atoms with E-state index < -0.39 is 0 Å². The molecule has 1 aliphatic carbocycles. The molecule has 1 aliphatic rings. The Morgan fingerprint density at radius 3 is 2.42 bits per heavy atom. The minimum atomic E-state index is -0.204. The van der Waals surface area contributed by atoms with Crippen molar-refractivity contribution in [1.82, 2.24) is 4.90 Å². The molecule has 1 aromatic carbocycles. The quantitative estimate of drug-likeness (QED) is 0.647. The van der Waals surface area contributed by atoms with E-state index >= 15 is 0 Å². The Hall–Kier alpha value is -0.560. The third-order valence-corrected chi connectivity index (χ3v) is 5.07. The molecule has 0 amide bonds. The number of benzene rings is 1. The molecule has 3 nitrogen and oxygen atoms in total. The zero-order chi connectivity index (χ0) is 14.2. The van der Waals surface area contributed by atoms with Gasteiger partial charge < -0.3 is 15.5 Å². The Bertz CT molecular complexity index is 472. The Morgan fingerprint density at radius 1 is 1.32 bits per heavy atom. The Kier molecular flexibility index (Phi) is 4.25. The van der Waals surface area contributed by atoms with Gasteiger partial charge in [0.2, 0.25) is 0 Å². The number of anilines is 2. The first-order chi connectivity index (χ1) is 8.85. The van der Waals surface area contributed by atoms with Gasteiger partial charge in [-0.05, 0) is 62.0 Å². The first-order valence-corrected chi connectivity index (χ1v) is 7.57. The summed E-state index contributed by atoms with van der Waals surface area (Å²) in [6.07, 6.45) is 3.65. The second-order valence-electron chi connectivity index (χ2n) is 5.65. The molecular formula is C14H21FIN3. The number of halogens is 2. The molecule has 106 valence electrons. The fraction of sp³-hybridized carbons (Fsp3) is 0.571. The molecule has 0 spiro atoms. The number of rotatable bonds is 4. The molecular weight excluding hydrogens is 356 g/mol. The van der Waals surface area contributed by atoms with Crippen molar-refractivity contribution in [3.8, 4) is 0 Å². The molecule has 0 saturated heterocycles. The summed E-state index contributed by atoms with van der Waals surface area (Å²) in [4.78, 5) is 4.36. The van der Waals surface area contributed by atoms with Gasteiger partial charge in [-0.2, -0.15) is 0 Å². The van der Waals surface area contributed by atoms with Crippen LogP contribution in [0, 0.1) is 9.39 Å². The molecule has 19 heavy (non-hydrogen) atoms. The van der Waals surface area contributed by atoms with E-state index in [2.05, 4.69) is 23.9 Å². The van der Waals surface area contributed by atoms with Crippen molar-refractivity contribution >= 4 is 34.0 Å². The van der Waals surface area contributed by atoms with Crippen LogP contribution in [-0.2, 0) is 0 Å². The van der Waals surface area contributed by atoms with Crippen molar-refractivity contribution in [2.24, 2.45) is 0 Å². The summed E-state index contributed by atoms with van der Waals surface area (Å²) >= 11 is 1.97. The van der Waals surface area contributed by atoms with Gasteiger partial charge in [0.25, 0.3) is 0 Å². The number of nitrogens with zero attached hydrogens (tertiary/aromatic N) is 2. The summed E-state index contributed by atoms with van der Waals surface area (Å²) in [6.45, 7) is 0.879. The van der Waals surface area contributed by atoms with Crippen LogP contribution < -0.4 is 10.6 Å². The Labute approximate surface area is 128 Å². The van der Waals surface area contributed by atoms with Crippen LogP contribution in [0.1, 0.15) is 19.3 Å². The summed E-state index contributed by atoms with van der Waals surface area (Å²) in [6, 6.07) is 3.24. The lowest BCUT2D eigenvalue weighted by Gasteiger charge is -2.49. The first-order valence-electron chi connectivity index (χ1n) is 6.49. The molecule has 2 N–H and O–H groups in total. The average Bonchev–Trinajstić information content (AvgIpc) is 2.27. The SMILES string of the molecule is CN(CC1(N(C)C)CCC1)c1cc(F)c(I)cc1N. The van der Waals surface area contributed by atoms with E-state index in [1.54, 1.807) is 12.1 Å². The smallest absolute Gasteiger partial charge is 0.138 e. The third-order valence-electron chi connectivity index (χ3n) is 4.25. The van der Waals surface area contributed by atoms with Gasteiger partial charge in [-0.25, -0.2) is 4.39 Å². The minimum Gasteiger partial charge on any atom is -0.397 e. The highest BCUT2D eigenvalue weighted by Gasteiger charge is 2.40. The summed E-state index contributed by atoms with van der Waals surface area (Å²) < 4.78 is 14.3. The van der Waals surface area contributed by atoms with Gasteiger partial charge in [-0.3, -0.25) is 0 Å². The van der Waals surface area contributed by atoms with Crippen LogP contribution in [-0.4, -0.2) is 38.1 Å². The number of hydrogen-bond donors (Lipinski definition) is 1. The van der Waals surface area contributed by atoms with Crippen molar-refractivity contribution < 1.29 is 4.39 Å². The molecule has 5 heteroatoms. The maximum Gasteiger partial charge on any atom is 0.138 e. The number of nitrogens with two attached hydrogens (primary N) is 1. The van der Waals surface area contributed by atoms with Crippen LogP contribution in [0.5, 0.6) is 0 Å². The van der Waals surface area contributed by atoms with Crippen LogP contribution in [0.25, 0.3) is 0 Å². The lowest BCUT2D eigenvalue weighted by Crippen LogP contribution is -2.56. The molecule has 0 radical (unpaired) electrons. The molecule has 0 unspecified atom stereocenters. The summed E-state index contributed by atoms with van der Waals surface area (Å²) in [5.41, 5.74) is 7.65. The van der Waals surface area contributed by atoms with E-state index in [0.717, 1.165) is 12.2 Å². The van der Waals surface area contributed by atoms with Crippen LogP contribution in [0.2, 0.25) is 0 Å². The lowest BCUT2D eigenvalue weighted by atomic mass is 9.75. The molecule has 0 bridgehead atoms. The Morgan fingerprint density at radius 2 is 1.95 bits per heavy atom. The van der Waals surface area contributed by atoms with Gasteiger partial charge in [0.15, 0.2) is 0 Å². The molecule has 0 aromatic heterocycles. The Balaban J connectivity index is 2.20. The zero-order valence-corrected chi connectivity index (χ0v) is 13.9. The van der Waals surface area contributed by atoms with Gasteiger partial charge in [-0.1, -0.05) is 0 Å². The van der Waals surface area contributed by atoms with E-state index in [4.69, 9.17) is 5.73 Å². The lowest BCUT2D eigenvalue weighted by molar-refractivity contribution is 0.0683. The van der Waals surface area contributed by atoms with E-state index in [9.17, 15) is 4.39 Å². The summed E-state index contributed by atoms with van der Waals surface area (Å²) in [5, 5.41) is 0. The molecule has 1 fully saturated rings. The van der Waals surface area contributed by atoms with Gasteiger partial charge in [-0.15, -0.1) is 0 Å². The van der Waals surface area contributed by atoms with Crippen molar-refractivity contribution in [2.75, 3.05) is 38.3 Å². The maximum atomic E-state index is 13.7. The molecule has 0 aliphatic heterocycles. The maximum absolute atomic E-state index is 13.7. The standard InChI is InChI=1S/C14H21FIN3/c1-18(2)14(5-4-6-14)9-19(3)13-7-10(15)11(16)8-12(13)17/h7-8H,4-6,9,17H2,1-3H3. The fourth-order valence-electron chi connectivity index (χ4n) is 2.74. The van der Waals surface area contributed by atoms with E-state index in [0.29, 0.717) is 9.26 Å². The zero-order valence-electron chi connectivity index (χ0n) is 11.7. The third kappa shape index (κ3) is 2.81. The molecule has 1 aromatic rings. The highest BCUT2D eigenvalue weighted by Crippen LogP contribution is 2.38. The van der Waals surface area contributed by atoms with Crippen molar-refractivity contribution in [2.45, 2.75) is 24.8 Å². The van der Waals surface area contributed by atoms with Crippen molar-refractivity contribution in [1.29, 1.82) is 0 Å².